The molecule has 4 heteroatoms. The molecular formula is C15H28N4. The van der Waals surface area contributed by atoms with E-state index < -0.39 is 0 Å². The van der Waals surface area contributed by atoms with Crippen LogP contribution in [0.1, 0.15) is 51.3 Å². The second-order valence-electron chi connectivity index (χ2n) is 5.54. The molecule has 1 aromatic heterocycles. The highest BCUT2D eigenvalue weighted by atomic mass is 15.3. The SMILES string of the molecule is CCCn1nccc1C1C(CN)CCCCN1CC. The van der Waals surface area contributed by atoms with Gasteiger partial charge in [-0.15, -0.1) is 0 Å². The molecule has 0 bridgehead atoms. The van der Waals surface area contributed by atoms with Crippen LogP contribution < -0.4 is 5.73 Å². The van der Waals surface area contributed by atoms with E-state index in [9.17, 15) is 0 Å². The Morgan fingerprint density at radius 3 is 2.89 bits per heavy atom. The fraction of sp³-hybridized carbons (Fsp3) is 0.800. The van der Waals surface area contributed by atoms with Crippen molar-refractivity contribution in [2.75, 3.05) is 19.6 Å². The lowest BCUT2D eigenvalue weighted by molar-refractivity contribution is 0.157. The molecule has 1 fully saturated rings. The highest BCUT2D eigenvalue weighted by Gasteiger charge is 2.31. The lowest BCUT2D eigenvalue weighted by Crippen LogP contribution is -2.37. The quantitative estimate of drug-likeness (QED) is 0.888. The van der Waals surface area contributed by atoms with E-state index in [-0.39, 0.29) is 0 Å². The van der Waals surface area contributed by atoms with Crippen molar-refractivity contribution in [3.05, 3.63) is 18.0 Å². The first-order chi connectivity index (χ1) is 9.31. The van der Waals surface area contributed by atoms with Gasteiger partial charge in [0.05, 0.1) is 11.7 Å². The van der Waals surface area contributed by atoms with E-state index in [1.807, 2.05) is 6.20 Å². The standard InChI is InChI=1S/C15H28N4/c1-3-10-19-14(8-9-17-19)15-13(12-16)7-5-6-11-18(15)4-2/h8-9,13,15H,3-7,10-12,16H2,1-2H3. The molecular weight excluding hydrogens is 236 g/mol. The number of rotatable bonds is 5. The highest BCUT2D eigenvalue weighted by Crippen LogP contribution is 2.34. The average molecular weight is 264 g/mol. The van der Waals surface area contributed by atoms with Gasteiger partial charge in [-0.3, -0.25) is 9.58 Å². The zero-order valence-corrected chi connectivity index (χ0v) is 12.4. The van der Waals surface area contributed by atoms with Crippen LogP contribution >= 0.6 is 0 Å². The molecule has 0 spiro atoms. The van der Waals surface area contributed by atoms with Crippen LogP contribution in [0.3, 0.4) is 0 Å². The van der Waals surface area contributed by atoms with Gasteiger partial charge in [-0.05, 0) is 50.9 Å². The molecule has 2 rings (SSSR count). The summed E-state index contributed by atoms with van der Waals surface area (Å²) in [5.74, 6) is 0.565. The van der Waals surface area contributed by atoms with Crippen LogP contribution in [0.2, 0.25) is 0 Å². The molecule has 2 atom stereocenters. The van der Waals surface area contributed by atoms with Crippen molar-refractivity contribution in [1.29, 1.82) is 0 Å². The topological polar surface area (TPSA) is 47.1 Å². The van der Waals surface area contributed by atoms with Crippen LogP contribution in [0.5, 0.6) is 0 Å². The van der Waals surface area contributed by atoms with Crippen molar-refractivity contribution in [2.45, 2.75) is 52.1 Å². The first-order valence-electron chi connectivity index (χ1n) is 7.77. The summed E-state index contributed by atoms with van der Waals surface area (Å²) in [7, 11) is 0. The second kappa shape index (κ2) is 7.06. The molecule has 4 nitrogen and oxygen atoms in total. The van der Waals surface area contributed by atoms with Crippen LogP contribution in [0.25, 0.3) is 0 Å². The molecule has 2 unspecified atom stereocenters. The Hall–Kier alpha value is -0.870. The van der Waals surface area contributed by atoms with Crippen LogP contribution in [0.15, 0.2) is 12.3 Å². The average Bonchev–Trinajstić information content (AvgIpc) is 2.77. The Morgan fingerprint density at radius 1 is 1.37 bits per heavy atom. The zero-order chi connectivity index (χ0) is 13.7. The summed E-state index contributed by atoms with van der Waals surface area (Å²) in [5, 5.41) is 4.50. The lowest BCUT2D eigenvalue weighted by Gasteiger charge is -2.34. The summed E-state index contributed by atoms with van der Waals surface area (Å²) in [6.07, 6.45) is 6.91. The van der Waals surface area contributed by atoms with Crippen LogP contribution in [-0.4, -0.2) is 34.3 Å². The number of nitrogens with two attached hydrogens (primary N) is 1. The number of nitrogens with zero attached hydrogens (tertiary/aromatic N) is 3. The number of hydrogen-bond donors (Lipinski definition) is 1. The maximum absolute atomic E-state index is 6.05. The van der Waals surface area contributed by atoms with E-state index in [0.717, 1.165) is 26.1 Å². The summed E-state index contributed by atoms with van der Waals surface area (Å²) >= 11 is 0. The van der Waals surface area contributed by atoms with E-state index >= 15 is 0 Å². The molecule has 108 valence electrons. The minimum absolute atomic E-state index is 0.451. The minimum atomic E-state index is 0.451. The van der Waals surface area contributed by atoms with E-state index in [4.69, 9.17) is 5.73 Å². The van der Waals surface area contributed by atoms with Crippen molar-refractivity contribution >= 4 is 0 Å². The van der Waals surface area contributed by atoms with Gasteiger partial charge in [0, 0.05) is 12.7 Å². The van der Waals surface area contributed by atoms with E-state index in [1.165, 1.54) is 31.5 Å². The van der Waals surface area contributed by atoms with Gasteiger partial charge < -0.3 is 5.73 Å². The van der Waals surface area contributed by atoms with Crippen LogP contribution in [-0.2, 0) is 6.54 Å². The largest absolute Gasteiger partial charge is 0.330 e. The fourth-order valence-corrected chi connectivity index (χ4v) is 3.34. The fourth-order valence-electron chi connectivity index (χ4n) is 3.34. The van der Waals surface area contributed by atoms with E-state index in [1.54, 1.807) is 0 Å². The smallest absolute Gasteiger partial charge is 0.0559 e. The Labute approximate surface area is 117 Å². The van der Waals surface area contributed by atoms with E-state index in [2.05, 4.69) is 34.6 Å². The van der Waals surface area contributed by atoms with Gasteiger partial charge in [0.25, 0.3) is 0 Å². The van der Waals surface area contributed by atoms with Crippen molar-refractivity contribution in [3.8, 4) is 0 Å². The first-order valence-corrected chi connectivity index (χ1v) is 7.77. The first kappa shape index (κ1) is 14.5. The van der Waals surface area contributed by atoms with Crippen molar-refractivity contribution in [2.24, 2.45) is 11.7 Å². The maximum Gasteiger partial charge on any atom is 0.0559 e. The number of likely N-dealkylation sites (tertiary alicyclic amines) is 1. The van der Waals surface area contributed by atoms with Gasteiger partial charge in [0.2, 0.25) is 0 Å². The normalized spacial score (nSPS) is 25.4. The highest BCUT2D eigenvalue weighted by molar-refractivity contribution is 5.10. The van der Waals surface area contributed by atoms with Gasteiger partial charge in [0.1, 0.15) is 0 Å². The van der Waals surface area contributed by atoms with Gasteiger partial charge in [-0.1, -0.05) is 20.3 Å². The number of hydrogen-bond acceptors (Lipinski definition) is 3. The Morgan fingerprint density at radius 2 is 2.21 bits per heavy atom. The molecule has 1 saturated heterocycles. The Kier molecular flexibility index (Phi) is 5.40. The second-order valence-corrected chi connectivity index (χ2v) is 5.54. The third-order valence-electron chi connectivity index (χ3n) is 4.31. The predicted molar refractivity (Wildman–Crippen MR) is 78.9 cm³/mol. The molecule has 0 saturated carbocycles. The molecule has 1 aliphatic rings. The molecule has 0 aliphatic carbocycles. The van der Waals surface area contributed by atoms with Crippen molar-refractivity contribution < 1.29 is 0 Å². The van der Waals surface area contributed by atoms with Gasteiger partial charge in [-0.2, -0.15) is 5.10 Å². The van der Waals surface area contributed by atoms with Crippen LogP contribution in [0.4, 0.5) is 0 Å². The van der Waals surface area contributed by atoms with Gasteiger partial charge >= 0.3 is 0 Å². The maximum atomic E-state index is 6.05. The summed E-state index contributed by atoms with van der Waals surface area (Å²) in [6.45, 7) is 8.53. The summed E-state index contributed by atoms with van der Waals surface area (Å²) in [4.78, 5) is 2.59. The number of aryl methyl sites for hydroxylation is 1. The molecule has 0 radical (unpaired) electrons. The third kappa shape index (κ3) is 3.18. The monoisotopic (exact) mass is 264 g/mol. The molecule has 0 aromatic carbocycles. The molecule has 2 heterocycles. The molecule has 1 aromatic rings. The Bertz CT molecular complexity index is 360. The number of aromatic nitrogens is 2. The molecule has 2 N–H and O–H groups in total. The zero-order valence-electron chi connectivity index (χ0n) is 12.4. The summed E-state index contributed by atoms with van der Waals surface area (Å²) in [5.41, 5.74) is 7.42. The van der Waals surface area contributed by atoms with Crippen molar-refractivity contribution in [3.63, 3.8) is 0 Å². The molecule has 1 aliphatic heterocycles. The van der Waals surface area contributed by atoms with Crippen LogP contribution in [0, 0.1) is 5.92 Å². The predicted octanol–water partition coefficient (Wildman–Crippen LogP) is 2.41. The van der Waals surface area contributed by atoms with Crippen molar-refractivity contribution in [1.82, 2.24) is 14.7 Å². The minimum Gasteiger partial charge on any atom is -0.330 e. The third-order valence-corrected chi connectivity index (χ3v) is 4.31. The summed E-state index contributed by atoms with van der Waals surface area (Å²) < 4.78 is 2.18. The van der Waals surface area contributed by atoms with E-state index in [0.29, 0.717) is 12.0 Å². The van der Waals surface area contributed by atoms with Gasteiger partial charge in [0.15, 0.2) is 0 Å². The summed E-state index contributed by atoms with van der Waals surface area (Å²) in [6, 6.07) is 2.64. The Balaban J connectivity index is 2.30. The van der Waals surface area contributed by atoms with Gasteiger partial charge in [-0.25, -0.2) is 0 Å². The molecule has 0 amide bonds. The lowest BCUT2D eigenvalue weighted by atomic mass is 9.92. The molecule has 19 heavy (non-hydrogen) atoms.